The molecule has 1 N–H and O–H groups in total. The van der Waals surface area contributed by atoms with Crippen LogP contribution in [0.4, 0.5) is 5.69 Å². The number of benzene rings is 2. The molecule has 0 saturated heterocycles. The molecule has 164 valence electrons. The number of likely N-dealkylation sites (N-methyl/N-ethyl adjacent to an activating group) is 1. The van der Waals surface area contributed by atoms with Gasteiger partial charge >= 0.3 is 0 Å². The Kier molecular flexibility index (Phi) is 6.95. The molecule has 0 aliphatic carbocycles. The lowest BCUT2D eigenvalue weighted by molar-refractivity contribution is -0.134. The number of para-hydroxylation sites is 1. The van der Waals surface area contributed by atoms with Gasteiger partial charge in [-0.15, -0.1) is 0 Å². The monoisotopic (exact) mass is 423 g/mol. The van der Waals surface area contributed by atoms with Gasteiger partial charge < -0.3 is 19.9 Å². The van der Waals surface area contributed by atoms with Crippen LogP contribution >= 0.6 is 0 Å². The number of carbonyl (C=O) groups is 3. The average molecular weight is 424 g/mol. The maximum Gasteiger partial charge on any atom is 0.258 e. The van der Waals surface area contributed by atoms with Crippen LogP contribution in [-0.4, -0.2) is 54.8 Å². The summed E-state index contributed by atoms with van der Waals surface area (Å²) < 4.78 is 5.37. The summed E-state index contributed by atoms with van der Waals surface area (Å²) >= 11 is 0. The van der Waals surface area contributed by atoms with Crippen LogP contribution in [0.3, 0.4) is 0 Å². The van der Waals surface area contributed by atoms with Crippen LogP contribution in [0, 0.1) is 0 Å². The van der Waals surface area contributed by atoms with E-state index in [1.807, 2.05) is 25.1 Å². The predicted octanol–water partition coefficient (Wildman–Crippen LogP) is 3.09. The van der Waals surface area contributed by atoms with Gasteiger partial charge in [0.1, 0.15) is 11.8 Å². The highest BCUT2D eigenvalue weighted by molar-refractivity contribution is 6.00. The van der Waals surface area contributed by atoms with Crippen molar-refractivity contribution in [3.8, 4) is 5.75 Å². The Bertz CT molecular complexity index is 987. The van der Waals surface area contributed by atoms with Crippen molar-refractivity contribution in [1.82, 2.24) is 9.80 Å². The minimum absolute atomic E-state index is 0.0409. The number of ether oxygens (including phenoxy) is 1. The summed E-state index contributed by atoms with van der Waals surface area (Å²) in [5.74, 6) is 0.0359. The molecule has 7 nitrogen and oxygen atoms in total. The highest BCUT2D eigenvalue weighted by Crippen LogP contribution is 2.30. The number of nitrogens with zero attached hydrogens (tertiary/aromatic N) is 2. The van der Waals surface area contributed by atoms with E-state index < -0.39 is 6.04 Å². The fourth-order valence-corrected chi connectivity index (χ4v) is 3.82. The van der Waals surface area contributed by atoms with Crippen LogP contribution in [0.2, 0.25) is 0 Å². The van der Waals surface area contributed by atoms with Crippen molar-refractivity contribution in [3.63, 3.8) is 0 Å². The number of amides is 3. The number of nitrogens with one attached hydrogen (secondary N) is 1. The van der Waals surface area contributed by atoms with E-state index in [2.05, 4.69) is 5.32 Å². The third-order valence-electron chi connectivity index (χ3n) is 5.42. The molecule has 0 unspecified atom stereocenters. The lowest BCUT2D eigenvalue weighted by atomic mass is 9.92. The minimum atomic E-state index is -0.611. The first-order valence-corrected chi connectivity index (χ1v) is 10.4. The highest BCUT2D eigenvalue weighted by Gasteiger charge is 2.36. The predicted molar refractivity (Wildman–Crippen MR) is 119 cm³/mol. The Labute approximate surface area is 183 Å². The van der Waals surface area contributed by atoms with Crippen LogP contribution in [0.5, 0.6) is 5.75 Å². The second-order valence-electron chi connectivity index (χ2n) is 7.87. The van der Waals surface area contributed by atoms with Crippen LogP contribution in [0.1, 0.15) is 41.3 Å². The van der Waals surface area contributed by atoms with E-state index in [4.69, 9.17) is 4.74 Å². The molecule has 3 amide bonds. The van der Waals surface area contributed by atoms with Gasteiger partial charge in [-0.1, -0.05) is 25.1 Å². The normalized spacial score (nSPS) is 15.1. The molecule has 31 heavy (non-hydrogen) atoms. The van der Waals surface area contributed by atoms with Crippen LogP contribution in [0.25, 0.3) is 0 Å². The summed E-state index contributed by atoms with van der Waals surface area (Å²) in [7, 11) is 4.90. The van der Waals surface area contributed by atoms with Gasteiger partial charge in [0.15, 0.2) is 0 Å². The Balaban J connectivity index is 1.96. The molecule has 0 fully saturated rings. The summed E-state index contributed by atoms with van der Waals surface area (Å²) in [6.45, 7) is 2.23. The summed E-state index contributed by atoms with van der Waals surface area (Å²) in [5.41, 5.74) is 3.02. The number of fused-ring (bicyclic) bond motifs is 1. The zero-order valence-electron chi connectivity index (χ0n) is 18.5. The van der Waals surface area contributed by atoms with Crippen molar-refractivity contribution in [2.24, 2.45) is 0 Å². The van der Waals surface area contributed by atoms with E-state index in [0.29, 0.717) is 29.8 Å². The van der Waals surface area contributed by atoms with Crippen molar-refractivity contribution >= 4 is 23.4 Å². The van der Waals surface area contributed by atoms with Gasteiger partial charge in [0, 0.05) is 39.2 Å². The first-order valence-electron chi connectivity index (χ1n) is 10.4. The molecular formula is C24H29N3O4. The number of methoxy groups -OCH3 is 1. The van der Waals surface area contributed by atoms with E-state index >= 15 is 0 Å². The molecule has 0 saturated carbocycles. The van der Waals surface area contributed by atoms with Gasteiger partial charge in [-0.3, -0.25) is 14.4 Å². The fourth-order valence-electron chi connectivity index (χ4n) is 3.82. The zero-order valence-corrected chi connectivity index (χ0v) is 18.5. The molecule has 0 bridgehead atoms. The molecule has 0 aromatic heterocycles. The maximum absolute atomic E-state index is 13.5. The molecule has 3 rings (SSSR count). The maximum atomic E-state index is 13.5. The van der Waals surface area contributed by atoms with Crippen molar-refractivity contribution in [1.29, 1.82) is 0 Å². The van der Waals surface area contributed by atoms with Crippen molar-refractivity contribution in [2.45, 2.75) is 38.8 Å². The Morgan fingerprint density at radius 2 is 1.87 bits per heavy atom. The lowest BCUT2D eigenvalue weighted by Gasteiger charge is -2.37. The van der Waals surface area contributed by atoms with E-state index in [1.165, 1.54) is 12.0 Å². The second-order valence-corrected chi connectivity index (χ2v) is 7.87. The standard InChI is InChI=1S/C24H29N3O4/c1-5-8-22(28)25-18-12-11-16-14-20(24(30)26(2)3)27(15-17(16)13-18)23(29)19-9-6-7-10-21(19)31-4/h6-7,9-13,20H,5,8,14-15H2,1-4H3,(H,25,28)/t20-/m1/s1. The van der Waals surface area contributed by atoms with Gasteiger partial charge in [-0.2, -0.15) is 0 Å². The van der Waals surface area contributed by atoms with Crippen LogP contribution in [-0.2, 0) is 22.6 Å². The van der Waals surface area contributed by atoms with Gasteiger partial charge in [-0.05, 0) is 41.8 Å². The third-order valence-corrected chi connectivity index (χ3v) is 5.42. The van der Waals surface area contributed by atoms with E-state index in [1.54, 1.807) is 43.3 Å². The topological polar surface area (TPSA) is 79.0 Å². The molecule has 2 aromatic rings. The molecule has 0 spiro atoms. The number of hydrogen-bond donors (Lipinski definition) is 1. The van der Waals surface area contributed by atoms with Gasteiger partial charge in [-0.25, -0.2) is 0 Å². The molecule has 7 heteroatoms. The summed E-state index contributed by atoms with van der Waals surface area (Å²) in [6.07, 6.45) is 1.64. The minimum Gasteiger partial charge on any atom is -0.496 e. The molecular weight excluding hydrogens is 394 g/mol. The third kappa shape index (κ3) is 4.87. The van der Waals surface area contributed by atoms with Crippen LogP contribution in [0.15, 0.2) is 42.5 Å². The number of carbonyl (C=O) groups excluding carboxylic acids is 3. The first-order chi connectivity index (χ1) is 14.8. The van der Waals surface area contributed by atoms with Crippen molar-refractivity contribution in [3.05, 3.63) is 59.2 Å². The lowest BCUT2D eigenvalue weighted by Crippen LogP contribution is -2.52. The van der Waals surface area contributed by atoms with Gasteiger partial charge in [0.25, 0.3) is 5.91 Å². The largest absolute Gasteiger partial charge is 0.496 e. The summed E-state index contributed by atoms with van der Waals surface area (Å²) in [4.78, 5) is 41.5. The Morgan fingerprint density at radius 1 is 1.13 bits per heavy atom. The number of rotatable bonds is 6. The second kappa shape index (κ2) is 9.64. The molecule has 1 aliphatic heterocycles. The Hall–Kier alpha value is -3.35. The van der Waals surface area contributed by atoms with E-state index in [0.717, 1.165) is 17.5 Å². The average Bonchev–Trinajstić information content (AvgIpc) is 2.77. The van der Waals surface area contributed by atoms with Crippen molar-refractivity contribution in [2.75, 3.05) is 26.5 Å². The first kappa shape index (κ1) is 22.3. The molecule has 1 atom stereocenters. The van der Waals surface area contributed by atoms with Crippen LogP contribution < -0.4 is 10.1 Å². The van der Waals surface area contributed by atoms with Gasteiger partial charge in [0.2, 0.25) is 11.8 Å². The highest BCUT2D eigenvalue weighted by atomic mass is 16.5. The summed E-state index contributed by atoms with van der Waals surface area (Å²) in [6, 6.07) is 12.1. The molecule has 1 heterocycles. The number of hydrogen-bond acceptors (Lipinski definition) is 4. The van der Waals surface area contributed by atoms with Crippen molar-refractivity contribution < 1.29 is 19.1 Å². The van der Waals surface area contributed by atoms with E-state index in [9.17, 15) is 14.4 Å². The smallest absolute Gasteiger partial charge is 0.258 e. The quantitative estimate of drug-likeness (QED) is 0.774. The fraction of sp³-hybridized carbons (Fsp3) is 0.375. The molecule has 0 radical (unpaired) electrons. The SMILES string of the molecule is CCCC(=O)Nc1ccc2c(c1)CN(C(=O)c1ccccc1OC)[C@@H](C(=O)N(C)C)C2. The Morgan fingerprint density at radius 3 is 2.55 bits per heavy atom. The summed E-state index contributed by atoms with van der Waals surface area (Å²) in [5, 5.41) is 2.90. The van der Waals surface area contributed by atoms with Gasteiger partial charge in [0.05, 0.1) is 12.7 Å². The number of anilines is 1. The zero-order chi connectivity index (χ0) is 22.5. The molecule has 1 aliphatic rings. The molecule has 2 aromatic carbocycles. The van der Waals surface area contributed by atoms with E-state index in [-0.39, 0.29) is 24.3 Å².